The first-order chi connectivity index (χ1) is 9.73. The van der Waals surface area contributed by atoms with Crippen LogP contribution in [-0.2, 0) is 6.54 Å². The molecule has 4 nitrogen and oxygen atoms in total. The molecule has 2 aromatic rings. The van der Waals surface area contributed by atoms with Crippen molar-refractivity contribution in [2.24, 2.45) is 0 Å². The quantitative estimate of drug-likeness (QED) is 0.815. The Morgan fingerprint density at radius 1 is 1.25 bits per heavy atom. The fourth-order valence-electron chi connectivity index (χ4n) is 2.30. The molecule has 2 rings (SSSR count). The number of nitrogens with zero attached hydrogens (tertiary/aromatic N) is 2. The highest BCUT2D eigenvalue weighted by Gasteiger charge is 2.23. The van der Waals surface area contributed by atoms with Crippen LogP contribution in [0.15, 0.2) is 42.7 Å². The van der Waals surface area contributed by atoms with Crippen LogP contribution in [0.4, 0.5) is 0 Å². The minimum Gasteiger partial charge on any atom is -0.394 e. The van der Waals surface area contributed by atoms with Crippen molar-refractivity contribution in [3.63, 3.8) is 0 Å². The van der Waals surface area contributed by atoms with Gasteiger partial charge in [-0.25, -0.2) is 4.68 Å². The zero-order chi connectivity index (χ0) is 14.4. The van der Waals surface area contributed by atoms with Crippen LogP contribution in [0.5, 0.6) is 0 Å². The molecular weight excluding hydrogens is 250 g/mol. The molecule has 0 unspecified atom stereocenters. The second-order valence-electron chi connectivity index (χ2n) is 5.12. The second kappa shape index (κ2) is 6.68. The molecule has 2 N–H and O–H groups in total. The van der Waals surface area contributed by atoms with E-state index in [0.29, 0.717) is 0 Å². The van der Waals surface area contributed by atoms with E-state index in [9.17, 15) is 5.11 Å². The number of nitrogens with one attached hydrogen (secondary N) is 1. The van der Waals surface area contributed by atoms with E-state index in [4.69, 9.17) is 0 Å². The van der Waals surface area contributed by atoms with E-state index < -0.39 is 0 Å². The fraction of sp³-hybridized carbons (Fsp3) is 0.438. The van der Waals surface area contributed by atoms with Crippen molar-refractivity contribution in [2.45, 2.75) is 38.8 Å². The van der Waals surface area contributed by atoms with Gasteiger partial charge in [-0.2, -0.15) is 5.10 Å². The Labute approximate surface area is 120 Å². The Bertz CT molecular complexity index is 510. The average Bonchev–Trinajstić information content (AvgIpc) is 3.04. The van der Waals surface area contributed by atoms with E-state index in [0.717, 1.165) is 25.1 Å². The summed E-state index contributed by atoms with van der Waals surface area (Å²) in [4.78, 5) is 0. The molecule has 0 saturated heterocycles. The van der Waals surface area contributed by atoms with Gasteiger partial charge in [-0.3, -0.25) is 0 Å². The topological polar surface area (TPSA) is 50.1 Å². The zero-order valence-corrected chi connectivity index (χ0v) is 12.2. The smallest absolute Gasteiger partial charge is 0.0648 e. The highest BCUT2D eigenvalue weighted by molar-refractivity contribution is 5.35. The molecule has 0 spiro atoms. The maximum absolute atomic E-state index is 9.58. The molecule has 1 heterocycles. The van der Waals surface area contributed by atoms with Crippen LogP contribution in [0.3, 0.4) is 0 Å². The van der Waals surface area contributed by atoms with Gasteiger partial charge < -0.3 is 10.4 Å². The number of hydrogen-bond donors (Lipinski definition) is 2. The van der Waals surface area contributed by atoms with Gasteiger partial charge >= 0.3 is 0 Å². The van der Waals surface area contributed by atoms with Crippen molar-refractivity contribution >= 4 is 0 Å². The number of aliphatic hydroxyl groups excluding tert-OH is 1. The molecule has 0 aliphatic heterocycles. The molecule has 0 atom stereocenters. The minimum absolute atomic E-state index is 0.166. The minimum atomic E-state index is -0.179. The summed E-state index contributed by atoms with van der Waals surface area (Å²) >= 11 is 0. The first kappa shape index (κ1) is 14.8. The summed E-state index contributed by atoms with van der Waals surface area (Å²) in [7, 11) is 0. The van der Waals surface area contributed by atoms with Gasteiger partial charge in [0.15, 0.2) is 0 Å². The molecule has 0 aliphatic carbocycles. The SMILES string of the molecule is CCC(CC)(CO)NCc1cccc(-n2cccn2)c1. The number of benzene rings is 1. The first-order valence-electron chi connectivity index (χ1n) is 7.18. The summed E-state index contributed by atoms with van der Waals surface area (Å²) in [6.45, 7) is 5.12. The third-order valence-corrected chi connectivity index (χ3v) is 4.00. The van der Waals surface area contributed by atoms with E-state index in [1.54, 1.807) is 6.20 Å². The second-order valence-corrected chi connectivity index (χ2v) is 5.12. The van der Waals surface area contributed by atoms with Gasteiger partial charge in [-0.05, 0) is 36.6 Å². The maximum atomic E-state index is 9.58. The van der Waals surface area contributed by atoms with Gasteiger partial charge in [0.2, 0.25) is 0 Å². The molecule has 1 aromatic carbocycles. The molecular formula is C16H23N3O. The van der Waals surface area contributed by atoms with Crippen molar-refractivity contribution in [2.75, 3.05) is 6.61 Å². The van der Waals surface area contributed by atoms with Gasteiger partial charge in [0.25, 0.3) is 0 Å². The van der Waals surface area contributed by atoms with Crippen LogP contribution in [0.1, 0.15) is 32.3 Å². The van der Waals surface area contributed by atoms with Crippen molar-refractivity contribution < 1.29 is 5.11 Å². The van der Waals surface area contributed by atoms with Gasteiger partial charge in [0, 0.05) is 24.5 Å². The van der Waals surface area contributed by atoms with Crippen LogP contribution >= 0.6 is 0 Å². The molecule has 0 bridgehead atoms. The lowest BCUT2D eigenvalue weighted by Gasteiger charge is -2.31. The third-order valence-electron chi connectivity index (χ3n) is 4.00. The van der Waals surface area contributed by atoms with Crippen LogP contribution in [0, 0.1) is 0 Å². The lowest BCUT2D eigenvalue weighted by molar-refractivity contribution is 0.149. The largest absolute Gasteiger partial charge is 0.394 e. The summed E-state index contributed by atoms with van der Waals surface area (Å²) in [5, 5.41) is 17.3. The summed E-state index contributed by atoms with van der Waals surface area (Å²) in [5.74, 6) is 0. The Balaban J connectivity index is 2.09. The van der Waals surface area contributed by atoms with Gasteiger partial charge in [0.1, 0.15) is 0 Å². The summed E-state index contributed by atoms with van der Waals surface area (Å²) in [5.41, 5.74) is 2.07. The van der Waals surface area contributed by atoms with Crippen molar-refractivity contribution in [3.05, 3.63) is 48.3 Å². The number of aromatic nitrogens is 2. The average molecular weight is 273 g/mol. The van der Waals surface area contributed by atoms with Crippen LogP contribution in [0.2, 0.25) is 0 Å². The predicted molar refractivity (Wildman–Crippen MR) is 80.8 cm³/mol. The van der Waals surface area contributed by atoms with E-state index in [1.165, 1.54) is 5.56 Å². The Hall–Kier alpha value is -1.65. The van der Waals surface area contributed by atoms with Gasteiger partial charge in [0.05, 0.1) is 12.3 Å². The normalized spacial score (nSPS) is 11.8. The standard InChI is InChI=1S/C16H23N3O/c1-3-16(4-2,13-20)17-12-14-7-5-8-15(11-14)19-10-6-9-18-19/h5-11,17,20H,3-4,12-13H2,1-2H3. The van der Waals surface area contributed by atoms with E-state index in [-0.39, 0.29) is 12.1 Å². The maximum Gasteiger partial charge on any atom is 0.0648 e. The highest BCUT2D eigenvalue weighted by Crippen LogP contribution is 2.16. The lowest BCUT2D eigenvalue weighted by atomic mass is 9.93. The van der Waals surface area contributed by atoms with Crippen LogP contribution in [-0.4, -0.2) is 27.0 Å². The monoisotopic (exact) mass is 273 g/mol. The molecule has 0 radical (unpaired) electrons. The highest BCUT2D eigenvalue weighted by atomic mass is 16.3. The van der Waals surface area contributed by atoms with Crippen LogP contribution < -0.4 is 5.32 Å². The Morgan fingerprint density at radius 2 is 2.05 bits per heavy atom. The predicted octanol–water partition coefficient (Wildman–Crippen LogP) is 2.51. The fourth-order valence-corrected chi connectivity index (χ4v) is 2.30. The van der Waals surface area contributed by atoms with Crippen molar-refractivity contribution in [1.29, 1.82) is 0 Å². The van der Waals surface area contributed by atoms with Crippen molar-refractivity contribution in [1.82, 2.24) is 15.1 Å². The lowest BCUT2D eigenvalue weighted by Crippen LogP contribution is -2.47. The summed E-state index contributed by atoms with van der Waals surface area (Å²) in [6.07, 6.45) is 5.54. The van der Waals surface area contributed by atoms with E-state index in [2.05, 4.69) is 36.4 Å². The summed E-state index contributed by atoms with van der Waals surface area (Å²) < 4.78 is 1.85. The molecule has 4 heteroatoms. The van der Waals surface area contributed by atoms with Crippen LogP contribution in [0.25, 0.3) is 5.69 Å². The number of aliphatic hydroxyl groups is 1. The summed E-state index contributed by atoms with van der Waals surface area (Å²) in [6, 6.07) is 10.2. The first-order valence-corrected chi connectivity index (χ1v) is 7.18. The molecule has 0 fully saturated rings. The van der Waals surface area contributed by atoms with Gasteiger partial charge in [-0.1, -0.05) is 26.0 Å². The molecule has 20 heavy (non-hydrogen) atoms. The molecule has 108 valence electrons. The molecule has 0 aliphatic rings. The molecule has 0 saturated carbocycles. The zero-order valence-electron chi connectivity index (χ0n) is 12.2. The van der Waals surface area contributed by atoms with E-state index in [1.807, 2.05) is 29.1 Å². The third kappa shape index (κ3) is 3.26. The van der Waals surface area contributed by atoms with Gasteiger partial charge in [-0.15, -0.1) is 0 Å². The number of hydrogen-bond acceptors (Lipinski definition) is 3. The Kier molecular flexibility index (Phi) is 4.93. The molecule has 0 amide bonds. The molecule has 1 aromatic heterocycles. The number of rotatable bonds is 7. The van der Waals surface area contributed by atoms with Crippen molar-refractivity contribution in [3.8, 4) is 5.69 Å². The Morgan fingerprint density at radius 3 is 2.65 bits per heavy atom. The van der Waals surface area contributed by atoms with E-state index >= 15 is 0 Å².